The number of carbonyl (C=O) groups is 1. The molecule has 2 N–H and O–H groups in total. The van der Waals surface area contributed by atoms with Gasteiger partial charge >= 0.3 is 0 Å². The van der Waals surface area contributed by atoms with Gasteiger partial charge in [0.1, 0.15) is 0 Å². The van der Waals surface area contributed by atoms with E-state index in [9.17, 15) is 9.59 Å². The van der Waals surface area contributed by atoms with Crippen LogP contribution in [0.3, 0.4) is 0 Å². The van der Waals surface area contributed by atoms with Crippen molar-refractivity contribution in [3.63, 3.8) is 0 Å². The first-order chi connectivity index (χ1) is 15.1. The molecule has 8 heteroatoms. The summed E-state index contributed by atoms with van der Waals surface area (Å²) >= 11 is 0. The number of nitrogens with one attached hydrogen (secondary N) is 2. The van der Waals surface area contributed by atoms with Crippen LogP contribution in [0.25, 0.3) is 28.6 Å². The number of amides is 1. The van der Waals surface area contributed by atoms with Crippen molar-refractivity contribution in [3.05, 3.63) is 76.0 Å². The number of tetrazole rings is 1. The number of aryl methyl sites for hydroxylation is 1. The summed E-state index contributed by atoms with van der Waals surface area (Å²) in [5.41, 5.74) is 2.57. The Morgan fingerprint density at radius 1 is 1.19 bits per heavy atom. The van der Waals surface area contributed by atoms with Crippen molar-refractivity contribution >= 4 is 28.6 Å². The molecule has 2 aromatic carbocycles. The van der Waals surface area contributed by atoms with Crippen LogP contribution in [0.4, 0.5) is 5.69 Å². The van der Waals surface area contributed by atoms with E-state index in [0.29, 0.717) is 11.1 Å². The minimum absolute atomic E-state index is 0.155. The largest absolute Gasteiger partial charge is 0.450 e. The Morgan fingerprint density at radius 3 is 2.77 bits per heavy atom. The highest BCUT2D eigenvalue weighted by Crippen LogP contribution is 2.25. The topological polar surface area (TPSA) is 114 Å². The molecule has 0 radical (unpaired) electrons. The Morgan fingerprint density at radius 2 is 2.03 bits per heavy atom. The van der Waals surface area contributed by atoms with Crippen LogP contribution in [0.1, 0.15) is 30.9 Å². The number of anilines is 1. The number of hydrogen-bond acceptors (Lipinski definition) is 6. The number of nitrogens with zero attached hydrogens (tertiary/aromatic N) is 3. The molecule has 4 aromatic rings. The molecule has 0 saturated carbocycles. The number of carbonyl (C=O) groups excluding carboxylic acids is 1. The molecule has 2 heterocycles. The van der Waals surface area contributed by atoms with Crippen LogP contribution >= 0.6 is 0 Å². The van der Waals surface area contributed by atoms with Crippen molar-refractivity contribution in [2.75, 3.05) is 5.32 Å². The first-order valence-corrected chi connectivity index (χ1v) is 10.0. The van der Waals surface area contributed by atoms with Gasteiger partial charge in [0.25, 0.3) is 0 Å². The van der Waals surface area contributed by atoms with Gasteiger partial charge in [0, 0.05) is 12.1 Å². The van der Waals surface area contributed by atoms with Crippen LogP contribution in [0.5, 0.6) is 0 Å². The molecule has 0 atom stereocenters. The first kappa shape index (κ1) is 20.2. The Kier molecular flexibility index (Phi) is 5.98. The summed E-state index contributed by atoms with van der Waals surface area (Å²) in [6.45, 7) is 2.17. The van der Waals surface area contributed by atoms with Crippen LogP contribution < -0.4 is 10.7 Å². The second kappa shape index (κ2) is 9.17. The van der Waals surface area contributed by atoms with Gasteiger partial charge in [0.2, 0.25) is 11.7 Å². The number of para-hydroxylation sites is 1. The third kappa shape index (κ3) is 4.75. The monoisotopic (exact) mass is 415 g/mol. The molecule has 8 nitrogen and oxygen atoms in total. The van der Waals surface area contributed by atoms with E-state index in [0.717, 1.165) is 24.8 Å². The molecule has 0 saturated heterocycles. The van der Waals surface area contributed by atoms with E-state index in [4.69, 9.17) is 4.42 Å². The molecule has 1 amide bonds. The van der Waals surface area contributed by atoms with Gasteiger partial charge in [-0.3, -0.25) is 9.59 Å². The Bertz CT molecular complexity index is 1280. The van der Waals surface area contributed by atoms with E-state index in [1.54, 1.807) is 24.3 Å². The summed E-state index contributed by atoms with van der Waals surface area (Å²) in [6, 6.07) is 14.4. The van der Waals surface area contributed by atoms with E-state index >= 15 is 0 Å². The van der Waals surface area contributed by atoms with Gasteiger partial charge < -0.3 is 9.73 Å². The van der Waals surface area contributed by atoms with E-state index in [1.807, 2.05) is 12.1 Å². The van der Waals surface area contributed by atoms with Crippen molar-refractivity contribution < 1.29 is 9.21 Å². The number of unbranched alkanes of at least 4 members (excludes halogenated alkanes) is 1. The van der Waals surface area contributed by atoms with E-state index in [1.165, 1.54) is 17.7 Å². The molecular formula is C23H21N5O3. The normalized spacial score (nSPS) is 11.3. The highest BCUT2D eigenvalue weighted by Gasteiger charge is 2.13. The summed E-state index contributed by atoms with van der Waals surface area (Å²) in [6.07, 6.45) is 6.56. The van der Waals surface area contributed by atoms with Crippen molar-refractivity contribution in [2.24, 2.45) is 0 Å². The van der Waals surface area contributed by atoms with Gasteiger partial charge in [-0.2, -0.15) is 5.21 Å². The minimum Gasteiger partial charge on any atom is -0.450 e. The molecule has 0 aliphatic heterocycles. The molecule has 0 fully saturated rings. The van der Waals surface area contributed by atoms with Crippen LogP contribution in [0.15, 0.2) is 63.8 Å². The summed E-state index contributed by atoms with van der Waals surface area (Å²) in [5.74, 6) is -0.0239. The molecule has 0 unspecified atom stereocenters. The zero-order valence-electron chi connectivity index (χ0n) is 17.0. The molecule has 0 aliphatic carbocycles. The summed E-state index contributed by atoms with van der Waals surface area (Å²) in [4.78, 5) is 24.9. The lowest BCUT2D eigenvalue weighted by Gasteiger charge is -2.07. The molecule has 156 valence electrons. The Hall–Kier alpha value is -4.07. The molecule has 0 aliphatic rings. The number of hydrogen-bond donors (Lipinski definition) is 2. The number of aromatic nitrogens is 4. The summed E-state index contributed by atoms with van der Waals surface area (Å²) in [5, 5.41) is 16.6. The fourth-order valence-corrected chi connectivity index (χ4v) is 3.17. The van der Waals surface area contributed by atoms with Crippen molar-refractivity contribution in [3.8, 4) is 11.6 Å². The molecular weight excluding hydrogens is 394 g/mol. The van der Waals surface area contributed by atoms with Gasteiger partial charge in [0.05, 0.1) is 11.1 Å². The van der Waals surface area contributed by atoms with Crippen LogP contribution in [-0.4, -0.2) is 26.5 Å². The number of aromatic amines is 1. The summed E-state index contributed by atoms with van der Waals surface area (Å²) in [7, 11) is 0. The maximum absolute atomic E-state index is 12.5. The van der Waals surface area contributed by atoms with Crippen molar-refractivity contribution in [2.45, 2.75) is 26.2 Å². The second-order valence-corrected chi connectivity index (χ2v) is 7.06. The molecule has 0 bridgehead atoms. The minimum atomic E-state index is -0.338. The lowest BCUT2D eigenvalue weighted by Crippen LogP contribution is -2.09. The van der Waals surface area contributed by atoms with E-state index in [-0.39, 0.29) is 28.5 Å². The van der Waals surface area contributed by atoms with Crippen molar-refractivity contribution in [1.29, 1.82) is 0 Å². The van der Waals surface area contributed by atoms with Crippen LogP contribution in [-0.2, 0) is 11.2 Å². The van der Waals surface area contributed by atoms with Gasteiger partial charge in [-0.15, -0.1) is 10.2 Å². The smallest absolute Gasteiger partial charge is 0.248 e. The third-order valence-corrected chi connectivity index (χ3v) is 4.80. The number of H-pyrrole nitrogens is 1. The van der Waals surface area contributed by atoms with Gasteiger partial charge in [0.15, 0.2) is 16.8 Å². The molecule has 2 aromatic heterocycles. The fraction of sp³-hybridized carbons (Fsp3) is 0.174. The number of rotatable bonds is 7. The van der Waals surface area contributed by atoms with Crippen LogP contribution in [0, 0.1) is 0 Å². The maximum Gasteiger partial charge on any atom is 0.248 e. The predicted octanol–water partition coefficient (Wildman–Crippen LogP) is 3.97. The highest BCUT2D eigenvalue weighted by atomic mass is 16.3. The quantitative estimate of drug-likeness (QED) is 0.442. The lowest BCUT2D eigenvalue weighted by molar-refractivity contribution is -0.111. The van der Waals surface area contributed by atoms with Gasteiger partial charge in [-0.25, -0.2) is 0 Å². The Labute approximate surface area is 178 Å². The summed E-state index contributed by atoms with van der Waals surface area (Å²) < 4.78 is 5.80. The second-order valence-electron chi connectivity index (χ2n) is 7.06. The lowest BCUT2D eigenvalue weighted by atomic mass is 10.1. The number of fused-ring (bicyclic) bond motifs is 1. The van der Waals surface area contributed by atoms with E-state index in [2.05, 4.69) is 45.0 Å². The SMILES string of the molecule is CCCCc1ccc(/C=C/C(=O)Nc2cccc3c(=O)cc(-c4nn[nH]n4)oc23)cc1. The first-order valence-electron chi connectivity index (χ1n) is 10.0. The fourth-order valence-electron chi connectivity index (χ4n) is 3.17. The average Bonchev–Trinajstić information content (AvgIpc) is 3.32. The van der Waals surface area contributed by atoms with Crippen molar-refractivity contribution in [1.82, 2.24) is 20.6 Å². The standard InChI is InChI=1S/C23H21N5O3/c1-2-3-5-15-8-10-16(11-9-15)12-13-21(30)24-18-7-4-6-17-19(29)14-20(31-22(17)18)23-25-27-28-26-23/h4,6-14H,2-3,5H2,1H3,(H,24,30)(H,25,26,27,28)/b13-12+. The average molecular weight is 415 g/mol. The number of benzene rings is 2. The van der Waals surface area contributed by atoms with Gasteiger partial charge in [-0.1, -0.05) is 43.7 Å². The molecule has 31 heavy (non-hydrogen) atoms. The zero-order chi connectivity index (χ0) is 21.6. The van der Waals surface area contributed by atoms with E-state index < -0.39 is 0 Å². The predicted molar refractivity (Wildman–Crippen MR) is 118 cm³/mol. The zero-order valence-corrected chi connectivity index (χ0v) is 17.0. The molecule has 4 rings (SSSR count). The molecule has 0 spiro atoms. The highest BCUT2D eigenvalue weighted by molar-refractivity contribution is 6.06. The van der Waals surface area contributed by atoms with Crippen LogP contribution in [0.2, 0.25) is 0 Å². The van der Waals surface area contributed by atoms with Gasteiger partial charge in [-0.05, 0) is 47.4 Å². The third-order valence-electron chi connectivity index (χ3n) is 4.80. The Balaban J connectivity index is 1.54. The maximum atomic E-state index is 12.5.